The van der Waals surface area contributed by atoms with Gasteiger partial charge in [-0.2, -0.15) is 5.10 Å². The van der Waals surface area contributed by atoms with E-state index in [9.17, 15) is 5.11 Å². The van der Waals surface area contributed by atoms with Crippen LogP contribution in [0.15, 0.2) is 12.4 Å². The highest BCUT2D eigenvalue weighted by Gasteiger charge is 2.28. The van der Waals surface area contributed by atoms with Gasteiger partial charge in [-0.1, -0.05) is 0 Å². The van der Waals surface area contributed by atoms with Gasteiger partial charge in [0.25, 0.3) is 0 Å². The number of ether oxygens (including phenoxy) is 1. The summed E-state index contributed by atoms with van der Waals surface area (Å²) in [5, 5.41) is 14.4. The third-order valence-electron chi connectivity index (χ3n) is 3.49. The van der Waals surface area contributed by atoms with Gasteiger partial charge >= 0.3 is 0 Å². The Kier molecular flexibility index (Phi) is 4.37. The van der Waals surface area contributed by atoms with E-state index in [2.05, 4.69) is 23.8 Å². The second-order valence-corrected chi connectivity index (χ2v) is 5.29. The zero-order valence-corrected chi connectivity index (χ0v) is 11.4. The summed E-state index contributed by atoms with van der Waals surface area (Å²) >= 11 is 0. The van der Waals surface area contributed by atoms with Crippen LogP contribution in [0.5, 0.6) is 0 Å². The molecule has 2 heterocycles. The van der Waals surface area contributed by atoms with Crippen LogP contribution in [0.3, 0.4) is 0 Å². The highest BCUT2D eigenvalue weighted by Crippen LogP contribution is 2.14. The van der Waals surface area contributed by atoms with Crippen molar-refractivity contribution >= 4 is 0 Å². The van der Waals surface area contributed by atoms with Crippen LogP contribution in [0.25, 0.3) is 0 Å². The largest absolute Gasteiger partial charge is 0.390 e. The Morgan fingerprint density at radius 2 is 2.33 bits per heavy atom. The molecule has 1 aliphatic heterocycles. The first-order valence-electron chi connectivity index (χ1n) is 6.57. The summed E-state index contributed by atoms with van der Waals surface area (Å²) in [7, 11) is 1.88. The van der Waals surface area contributed by atoms with Crippen LogP contribution in [0.1, 0.15) is 19.4 Å². The van der Waals surface area contributed by atoms with Gasteiger partial charge in [-0.05, 0) is 19.4 Å². The van der Waals surface area contributed by atoms with E-state index in [1.54, 1.807) is 10.9 Å². The lowest BCUT2D eigenvalue weighted by molar-refractivity contribution is -0.0940. The fourth-order valence-electron chi connectivity index (χ4n) is 2.35. The molecule has 2 atom stereocenters. The molecule has 0 bridgehead atoms. The van der Waals surface area contributed by atoms with Crippen molar-refractivity contribution in [2.45, 2.75) is 38.5 Å². The number of nitrogens with zero attached hydrogens (tertiary/aromatic N) is 3. The van der Waals surface area contributed by atoms with Gasteiger partial charge < -0.3 is 9.84 Å². The van der Waals surface area contributed by atoms with Crippen LogP contribution >= 0.6 is 0 Å². The van der Waals surface area contributed by atoms with Crippen molar-refractivity contribution in [3.63, 3.8) is 0 Å². The normalized spacial score (nSPS) is 23.5. The van der Waals surface area contributed by atoms with Crippen molar-refractivity contribution in [2.75, 3.05) is 19.7 Å². The molecule has 1 N–H and O–H groups in total. The minimum absolute atomic E-state index is 0.0960. The Labute approximate surface area is 108 Å². The summed E-state index contributed by atoms with van der Waals surface area (Å²) in [4.78, 5) is 2.35. The number of hydrogen-bond acceptors (Lipinski definition) is 4. The standard InChI is InChI=1S/C13H23N3O2/c1-10(2)16-4-5-18-13(9-16)12(17)6-11-7-14-15(3)8-11/h7-8,10,12-13,17H,4-6,9H2,1-3H3. The van der Waals surface area contributed by atoms with E-state index < -0.39 is 6.10 Å². The summed E-state index contributed by atoms with van der Waals surface area (Å²) in [5.41, 5.74) is 1.05. The lowest BCUT2D eigenvalue weighted by Crippen LogP contribution is -2.50. The van der Waals surface area contributed by atoms with Crippen LogP contribution in [0.4, 0.5) is 0 Å². The molecule has 2 rings (SSSR count). The molecule has 0 aliphatic carbocycles. The molecule has 0 amide bonds. The zero-order chi connectivity index (χ0) is 13.1. The lowest BCUT2D eigenvalue weighted by Gasteiger charge is -2.37. The molecule has 2 unspecified atom stereocenters. The topological polar surface area (TPSA) is 50.5 Å². The number of aromatic nitrogens is 2. The average Bonchev–Trinajstić information content (AvgIpc) is 2.75. The molecule has 1 aromatic rings. The fraction of sp³-hybridized carbons (Fsp3) is 0.769. The summed E-state index contributed by atoms with van der Waals surface area (Å²) < 4.78 is 7.43. The van der Waals surface area contributed by atoms with Gasteiger partial charge in [0.1, 0.15) is 0 Å². The lowest BCUT2D eigenvalue weighted by atomic mass is 10.0. The minimum atomic E-state index is -0.462. The second kappa shape index (κ2) is 5.82. The van der Waals surface area contributed by atoms with E-state index in [0.717, 1.165) is 18.7 Å². The Morgan fingerprint density at radius 1 is 1.56 bits per heavy atom. The number of hydrogen-bond donors (Lipinski definition) is 1. The van der Waals surface area contributed by atoms with Crippen molar-refractivity contribution in [3.8, 4) is 0 Å². The molecular formula is C13H23N3O2. The van der Waals surface area contributed by atoms with E-state index in [-0.39, 0.29) is 6.10 Å². The average molecular weight is 253 g/mol. The highest BCUT2D eigenvalue weighted by molar-refractivity contribution is 5.06. The van der Waals surface area contributed by atoms with Gasteiger partial charge in [0.05, 0.1) is 25.0 Å². The van der Waals surface area contributed by atoms with E-state index in [1.165, 1.54) is 0 Å². The van der Waals surface area contributed by atoms with Crippen molar-refractivity contribution in [2.24, 2.45) is 7.05 Å². The molecule has 1 aromatic heterocycles. The van der Waals surface area contributed by atoms with Gasteiger partial charge in [-0.15, -0.1) is 0 Å². The van der Waals surface area contributed by atoms with Crippen LogP contribution in [0, 0.1) is 0 Å². The number of aliphatic hydroxyl groups excluding tert-OH is 1. The maximum atomic E-state index is 10.2. The molecule has 0 radical (unpaired) electrons. The van der Waals surface area contributed by atoms with E-state index in [1.807, 2.05) is 13.2 Å². The van der Waals surface area contributed by atoms with Crippen molar-refractivity contribution in [1.29, 1.82) is 0 Å². The van der Waals surface area contributed by atoms with E-state index in [0.29, 0.717) is 19.1 Å². The first-order valence-corrected chi connectivity index (χ1v) is 6.57. The number of morpholine rings is 1. The molecule has 0 spiro atoms. The van der Waals surface area contributed by atoms with E-state index >= 15 is 0 Å². The first-order chi connectivity index (χ1) is 8.56. The molecular weight excluding hydrogens is 230 g/mol. The van der Waals surface area contributed by atoms with Gasteiger partial charge in [-0.3, -0.25) is 9.58 Å². The molecule has 18 heavy (non-hydrogen) atoms. The number of aryl methyl sites for hydroxylation is 1. The molecule has 1 aliphatic rings. The number of rotatable bonds is 4. The molecule has 1 saturated heterocycles. The SMILES string of the molecule is CC(C)N1CCOC(C(O)Cc2cnn(C)c2)C1. The highest BCUT2D eigenvalue weighted by atomic mass is 16.5. The molecule has 102 valence electrons. The van der Waals surface area contributed by atoms with Crippen molar-refractivity contribution in [3.05, 3.63) is 18.0 Å². The first kappa shape index (κ1) is 13.5. The minimum Gasteiger partial charge on any atom is -0.390 e. The Hall–Kier alpha value is -0.910. The van der Waals surface area contributed by atoms with Gasteiger partial charge in [0.15, 0.2) is 0 Å². The molecule has 0 saturated carbocycles. The quantitative estimate of drug-likeness (QED) is 0.845. The zero-order valence-electron chi connectivity index (χ0n) is 11.4. The molecule has 1 fully saturated rings. The maximum absolute atomic E-state index is 10.2. The van der Waals surface area contributed by atoms with Crippen LogP contribution in [0.2, 0.25) is 0 Å². The van der Waals surface area contributed by atoms with Crippen LogP contribution < -0.4 is 0 Å². The summed E-state index contributed by atoms with van der Waals surface area (Å²) in [6, 6.07) is 0.502. The Balaban J connectivity index is 1.90. The van der Waals surface area contributed by atoms with E-state index in [4.69, 9.17) is 4.74 Å². The van der Waals surface area contributed by atoms with Crippen molar-refractivity contribution in [1.82, 2.24) is 14.7 Å². The summed E-state index contributed by atoms with van der Waals surface area (Å²) in [6.45, 7) is 6.81. The van der Waals surface area contributed by atoms with Gasteiger partial charge in [0, 0.05) is 38.8 Å². The Morgan fingerprint density at radius 3 is 2.94 bits per heavy atom. The predicted octanol–water partition coefficient (Wildman–Crippen LogP) is 0.433. The second-order valence-electron chi connectivity index (χ2n) is 5.29. The predicted molar refractivity (Wildman–Crippen MR) is 69.4 cm³/mol. The molecule has 0 aromatic carbocycles. The maximum Gasteiger partial charge on any atom is 0.0964 e. The Bertz CT molecular complexity index is 378. The van der Waals surface area contributed by atoms with Crippen LogP contribution in [-0.2, 0) is 18.2 Å². The summed E-state index contributed by atoms with van der Waals surface area (Å²) in [6.07, 6.45) is 3.78. The molecule has 5 heteroatoms. The molecule has 5 nitrogen and oxygen atoms in total. The van der Waals surface area contributed by atoms with Crippen molar-refractivity contribution < 1.29 is 9.84 Å². The third-order valence-corrected chi connectivity index (χ3v) is 3.49. The smallest absolute Gasteiger partial charge is 0.0964 e. The van der Waals surface area contributed by atoms with Gasteiger partial charge in [-0.25, -0.2) is 0 Å². The summed E-state index contributed by atoms with van der Waals surface area (Å²) in [5.74, 6) is 0. The third kappa shape index (κ3) is 3.31. The fourth-order valence-corrected chi connectivity index (χ4v) is 2.35. The van der Waals surface area contributed by atoms with Crippen LogP contribution in [-0.4, -0.2) is 57.7 Å². The number of aliphatic hydroxyl groups is 1. The van der Waals surface area contributed by atoms with Gasteiger partial charge in [0.2, 0.25) is 0 Å². The monoisotopic (exact) mass is 253 g/mol.